The van der Waals surface area contributed by atoms with Crippen molar-refractivity contribution < 1.29 is 29.2 Å². The molecule has 2 N–H and O–H groups in total. The Bertz CT molecular complexity index is 1150. The maximum Gasteiger partial charge on any atom is 0.119 e. The van der Waals surface area contributed by atoms with Gasteiger partial charge in [0.15, 0.2) is 0 Å². The highest BCUT2D eigenvalue weighted by Gasteiger charge is 2.40. The lowest BCUT2D eigenvalue weighted by atomic mass is 10.0. The van der Waals surface area contributed by atoms with Crippen LogP contribution in [0, 0.1) is 23.7 Å². The average molecular weight is 631 g/mol. The minimum absolute atomic E-state index is 0.0597. The molecule has 0 saturated carbocycles. The van der Waals surface area contributed by atoms with E-state index in [1.54, 1.807) is 0 Å². The second-order valence-electron chi connectivity index (χ2n) is 12.5. The molecule has 2 saturated heterocycles. The number of aliphatic hydroxyl groups is 2. The van der Waals surface area contributed by atoms with E-state index in [0.29, 0.717) is 38.9 Å². The van der Waals surface area contributed by atoms with Crippen molar-refractivity contribution in [3.05, 3.63) is 59.7 Å². The third kappa shape index (κ3) is 12.3. The van der Waals surface area contributed by atoms with E-state index in [9.17, 15) is 10.2 Å². The van der Waals surface area contributed by atoms with Crippen molar-refractivity contribution in [3.63, 3.8) is 0 Å². The van der Waals surface area contributed by atoms with Crippen molar-refractivity contribution in [1.82, 2.24) is 0 Å². The molecule has 2 aliphatic rings. The summed E-state index contributed by atoms with van der Waals surface area (Å²) in [5.41, 5.74) is 2.68. The van der Waals surface area contributed by atoms with Crippen LogP contribution in [0.1, 0.15) is 102 Å². The second kappa shape index (κ2) is 20.3. The van der Waals surface area contributed by atoms with Gasteiger partial charge in [-0.2, -0.15) is 0 Å². The zero-order valence-electron chi connectivity index (χ0n) is 27.9. The predicted octanol–water partition coefficient (Wildman–Crippen LogP) is 7.21. The summed E-state index contributed by atoms with van der Waals surface area (Å²) in [6, 6.07) is 16.6. The minimum atomic E-state index is -0.624. The van der Waals surface area contributed by atoms with Gasteiger partial charge in [-0.05, 0) is 86.8 Å². The first-order valence-electron chi connectivity index (χ1n) is 17.6. The van der Waals surface area contributed by atoms with Gasteiger partial charge in [-0.25, -0.2) is 0 Å². The fraction of sp³-hybridized carbons (Fsp3) is 0.600. The van der Waals surface area contributed by atoms with E-state index in [2.05, 4.69) is 61.8 Å². The van der Waals surface area contributed by atoms with Crippen molar-refractivity contribution in [2.24, 2.45) is 0 Å². The standard InChI is InChI=1S/C40H54O6/c1-3-5-13-31-17-21-33(22-18-31)43-29-11-7-9-15-35(41)37-25-27-39(45-37)40-28-26-38(46-40)36(42)16-10-8-12-30-44-34-23-19-32(20-24-34)14-6-4-2/h17-24,35-42H,3-6,11-16,25-30H2,1-2H3/t35-,36-,37-,38-,39-,40-/m1/s1. The van der Waals surface area contributed by atoms with E-state index >= 15 is 0 Å². The van der Waals surface area contributed by atoms with Gasteiger partial charge in [0.05, 0.1) is 49.8 Å². The highest BCUT2D eigenvalue weighted by molar-refractivity contribution is 5.28. The third-order valence-corrected chi connectivity index (χ3v) is 8.79. The maximum atomic E-state index is 10.7. The molecule has 0 spiro atoms. The van der Waals surface area contributed by atoms with Gasteiger partial charge in [0.1, 0.15) is 11.5 Å². The minimum Gasteiger partial charge on any atom is -0.493 e. The molecule has 0 amide bonds. The van der Waals surface area contributed by atoms with Crippen LogP contribution in [0.15, 0.2) is 48.5 Å². The van der Waals surface area contributed by atoms with Gasteiger partial charge in [-0.3, -0.25) is 0 Å². The fourth-order valence-corrected chi connectivity index (χ4v) is 5.99. The zero-order valence-corrected chi connectivity index (χ0v) is 27.9. The molecule has 6 nitrogen and oxygen atoms in total. The van der Waals surface area contributed by atoms with Crippen LogP contribution in [0.25, 0.3) is 0 Å². The number of hydrogen-bond acceptors (Lipinski definition) is 6. The quantitative estimate of drug-likeness (QED) is 0.142. The molecule has 6 heteroatoms. The molecule has 0 aromatic heterocycles. The van der Waals surface area contributed by atoms with Crippen LogP contribution in [-0.2, 0) is 22.3 Å². The van der Waals surface area contributed by atoms with E-state index in [-0.39, 0.29) is 24.4 Å². The van der Waals surface area contributed by atoms with Crippen molar-refractivity contribution in [3.8, 4) is 35.2 Å². The van der Waals surface area contributed by atoms with Crippen LogP contribution in [-0.4, -0.2) is 60.1 Å². The molecule has 0 radical (unpaired) electrons. The van der Waals surface area contributed by atoms with Crippen molar-refractivity contribution in [1.29, 1.82) is 0 Å². The van der Waals surface area contributed by atoms with Gasteiger partial charge in [0.25, 0.3) is 0 Å². The van der Waals surface area contributed by atoms with Crippen LogP contribution in [0.5, 0.6) is 11.5 Å². The summed E-state index contributed by atoms with van der Waals surface area (Å²) in [6.45, 7) is 5.46. The molecule has 0 bridgehead atoms. The molecule has 0 unspecified atom stereocenters. The Balaban J connectivity index is 1.06. The van der Waals surface area contributed by atoms with E-state index in [0.717, 1.165) is 50.0 Å². The normalized spacial score (nSPS) is 21.9. The number of benzene rings is 2. The van der Waals surface area contributed by atoms with E-state index in [1.807, 2.05) is 24.3 Å². The summed E-state index contributed by atoms with van der Waals surface area (Å²) < 4.78 is 24.0. The second-order valence-corrected chi connectivity index (χ2v) is 12.5. The van der Waals surface area contributed by atoms with Gasteiger partial charge in [0.2, 0.25) is 0 Å². The molecule has 46 heavy (non-hydrogen) atoms. The van der Waals surface area contributed by atoms with Crippen molar-refractivity contribution in [2.45, 2.75) is 140 Å². The Morgan fingerprint density at radius 3 is 1.43 bits per heavy atom. The number of aryl methyl sites for hydroxylation is 2. The topological polar surface area (TPSA) is 77.4 Å². The van der Waals surface area contributed by atoms with Crippen LogP contribution in [0.3, 0.4) is 0 Å². The summed E-state index contributed by atoms with van der Waals surface area (Å²) >= 11 is 0. The first kappa shape index (κ1) is 35.8. The summed E-state index contributed by atoms with van der Waals surface area (Å²) in [7, 11) is 0. The molecule has 2 fully saturated rings. The van der Waals surface area contributed by atoms with Crippen LogP contribution in [0.2, 0.25) is 0 Å². The largest absolute Gasteiger partial charge is 0.493 e. The van der Waals surface area contributed by atoms with Gasteiger partial charge in [-0.1, -0.05) is 62.8 Å². The predicted molar refractivity (Wildman–Crippen MR) is 183 cm³/mol. The summed E-state index contributed by atoms with van der Waals surface area (Å²) in [5.74, 6) is 14.1. The van der Waals surface area contributed by atoms with Crippen LogP contribution < -0.4 is 9.47 Å². The molecule has 2 aromatic carbocycles. The Kier molecular flexibility index (Phi) is 15.8. The summed E-state index contributed by atoms with van der Waals surface area (Å²) in [5, 5.41) is 21.3. The Morgan fingerprint density at radius 2 is 1.04 bits per heavy atom. The highest BCUT2D eigenvalue weighted by atomic mass is 16.6. The first-order chi connectivity index (χ1) is 22.6. The Labute approximate surface area is 277 Å². The van der Waals surface area contributed by atoms with Gasteiger partial charge in [0, 0.05) is 25.7 Å². The SMILES string of the molecule is CCCCc1ccc(OCCC#CC[C@@H](O)[C@H]2CC[C@H]([C@H]3CC[C@H]([C@H](O)CC#CCCOc4ccc(CCCC)cc4)O3)O2)cc1. The van der Waals surface area contributed by atoms with E-state index < -0.39 is 12.2 Å². The molecular weight excluding hydrogens is 576 g/mol. The highest BCUT2D eigenvalue weighted by Crippen LogP contribution is 2.34. The number of ether oxygens (including phenoxy) is 4. The average Bonchev–Trinajstić information content (AvgIpc) is 3.78. The van der Waals surface area contributed by atoms with E-state index in [4.69, 9.17) is 18.9 Å². The van der Waals surface area contributed by atoms with Gasteiger partial charge in [-0.15, -0.1) is 11.8 Å². The van der Waals surface area contributed by atoms with E-state index in [1.165, 1.54) is 36.8 Å². The molecule has 4 rings (SSSR count). The van der Waals surface area contributed by atoms with Crippen LogP contribution >= 0.6 is 0 Å². The van der Waals surface area contributed by atoms with Crippen LogP contribution in [0.4, 0.5) is 0 Å². The van der Waals surface area contributed by atoms with Crippen molar-refractivity contribution in [2.75, 3.05) is 13.2 Å². The monoisotopic (exact) mass is 630 g/mol. The van der Waals surface area contributed by atoms with Gasteiger partial charge >= 0.3 is 0 Å². The number of aliphatic hydroxyl groups excluding tert-OH is 2. The molecule has 0 aliphatic carbocycles. The molecular formula is C40H54O6. The lowest BCUT2D eigenvalue weighted by Gasteiger charge is -2.23. The summed E-state index contributed by atoms with van der Waals surface area (Å²) in [6.07, 6.45) is 10.4. The zero-order chi connectivity index (χ0) is 32.4. The Morgan fingerprint density at radius 1 is 0.630 bits per heavy atom. The number of hydrogen-bond donors (Lipinski definition) is 2. The maximum absolute atomic E-state index is 10.7. The third-order valence-electron chi connectivity index (χ3n) is 8.79. The van der Waals surface area contributed by atoms with Crippen molar-refractivity contribution >= 4 is 0 Å². The van der Waals surface area contributed by atoms with Gasteiger partial charge < -0.3 is 29.2 Å². The lowest BCUT2D eigenvalue weighted by molar-refractivity contribution is -0.107. The molecule has 2 aromatic rings. The number of unbranched alkanes of at least 4 members (excludes halogenated alkanes) is 2. The molecule has 2 aliphatic heterocycles. The summed E-state index contributed by atoms with van der Waals surface area (Å²) in [4.78, 5) is 0. The smallest absolute Gasteiger partial charge is 0.119 e. The molecule has 2 heterocycles. The number of rotatable bonds is 17. The lowest BCUT2D eigenvalue weighted by Crippen LogP contribution is -2.33. The first-order valence-corrected chi connectivity index (χ1v) is 17.6. The fourth-order valence-electron chi connectivity index (χ4n) is 5.99. The Hall–Kier alpha value is -3.00. The molecule has 250 valence electrons. The molecule has 6 atom stereocenters.